The first-order chi connectivity index (χ1) is 14.2. The van der Waals surface area contributed by atoms with E-state index < -0.39 is 0 Å². The van der Waals surface area contributed by atoms with E-state index >= 15 is 0 Å². The van der Waals surface area contributed by atoms with Gasteiger partial charge in [-0.15, -0.1) is 0 Å². The van der Waals surface area contributed by atoms with Crippen LogP contribution in [0.3, 0.4) is 0 Å². The van der Waals surface area contributed by atoms with Gasteiger partial charge in [-0.25, -0.2) is 0 Å². The van der Waals surface area contributed by atoms with Crippen molar-refractivity contribution in [2.75, 3.05) is 0 Å². The largest absolute Gasteiger partial charge is 0.393 e. The Morgan fingerprint density at radius 3 is 2.00 bits per heavy atom. The lowest BCUT2D eigenvalue weighted by atomic mass is 9.35. The van der Waals surface area contributed by atoms with Crippen molar-refractivity contribution in [3.63, 3.8) is 0 Å². The first-order valence-electron chi connectivity index (χ1n) is 13.6. The van der Waals surface area contributed by atoms with E-state index in [2.05, 4.69) is 61.5 Å². The quantitative estimate of drug-likeness (QED) is 0.387. The Labute approximate surface area is 192 Å². The monoisotopic (exact) mass is 426 g/mol. The summed E-state index contributed by atoms with van der Waals surface area (Å²) < 4.78 is 0. The Kier molecular flexibility index (Phi) is 4.66. The summed E-state index contributed by atoms with van der Waals surface area (Å²) >= 11 is 0. The van der Waals surface area contributed by atoms with Gasteiger partial charge in [0.1, 0.15) is 0 Å². The summed E-state index contributed by atoms with van der Waals surface area (Å²) in [4.78, 5) is 0. The topological polar surface area (TPSA) is 20.2 Å². The molecule has 8 atom stereocenters. The van der Waals surface area contributed by atoms with Crippen LogP contribution in [0.4, 0.5) is 0 Å². The van der Waals surface area contributed by atoms with Gasteiger partial charge in [0.25, 0.3) is 0 Å². The molecule has 1 nitrogen and oxygen atoms in total. The van der Waals surface area contributed by atoms with Crippen LogP contribution in [0.25, 0.3) is 0 Å². The summed E-state index contributed by atoms with van der Waals surface area (Å²) in [6, 6.07) is 0. The highest BCUT2D eigenvalue weighted by Crippen LogP contribution is 2.74. The van der Waals surface area contributed by atoms with E-state index in [0.29, 0.717) is 33.0 Å². The molecule has 0 aliphatic heterocycles. The average Bonchev–Trinajstić information content (AvgIpc) is 2.66. The van der Waals surface area contributed by atoms with Crippen molar-refractivity contribution in [1.29, 1.82) is 0 Å². The van der Waals surface area contributed by atoms with Crippen LogP contribution in [-0.4, -0.2) is 11.2 Å². The Balaban J connectivity index is 1.56. The predicted molar refractivity (Wildman–Crippen MR) is 131 cm³/mol. The summed E-state index contributed by atoms with van der Waals surface area (Å²) in [5.41, 5.74) is 4.07. The second-order valence-electron chi connectivity index (χ2n) is 15.3. The van der Waals surface area contributed by atoms with Gasteiger partial charge in [0.15, 0.2) is 0 Å². The molecule has 31 heavy (non-hydrogen) atoms. The minimum atomic E-state index is -0.122. The fourth-order valence-corrected chi connectivity index (χ4v) is 10.8. The van der Waals surface area contributed by atoms with Gasteiger partial charge in [-0.3, -0.25) is 0 Å². The standard InChI is InChI=1S/C30H50O/c1-25(2)17-18-27(5)13-9-21-29(7)14-10-20-26(3,4)24(31)12-16-28(20,6)22(29)11-15-30(21,8)23(27)19-25/h9,20,22-24,31H,10-19H2,1-8H3/t20-,22+,23+,24-,27-,28-,29-,30-/m0/s1. The molecule has 0 saturated heterocycles. The molecular formula is C30H50O. The summed E-state index contributed by atoms with van der Waals surface area (Å²) in [5.74, 6) is 2.29. The molecular weight excluding hydrogens is 376 g/mol. The molecule has 0 aromatic heterocycles. The molecule has 5 aliphatic carbocycles. The smallest absolute Gasteiger partial charge is 0.0594 e. The fourth-order valence-electron chi connectivity index (χ4n) is 10.8. The van der Waals surface area contributed by atoms with E-state index in [4.69, 9.17) is 0 Å². The zero-order valence-electron chi connectivity index (χ0n) is 21.9. The molecule has 0 aromatic carbocycles. The maximum Gasteiger partial charge on any atom is 0.0594 e. The van der Waals surface area contributed by atoms with Crippen LogP contribution in [-0.2, 0) is 0 Å². The first-order valence-corrected chi connectivity index (χ1v) is 13.6. The van der Waals surface area contributed by atoms with E-state index in [-0.39, 0.29) is 11.5 Å². The van der Waals surface area contributed by atoms with Crippen LogP contribution < -0.4 is 0 Å². The SMILES string of the molecule is CC1(C)CC[C@]2(C)CC=C3[C@](C)(CC[C@@H]4[C@@]5(C)CC[C@H](O)C(C)(C)[C@@H]5CC[C@@]34C)[C@@H]2C1. The maximum absolute atomic E-state index is 10.9. The van der Waals surface area contributed by atoms with Crippen molar-refractivity contribution in [3.05, 3.63) is 11.6 Å². The second-order valence-corrected chi connectivity index (χ2v) is 15.3. The van der Waals surface area contributed by atoms with Gasteiger partial charge in [0.05, 0.1) is 6.10 Å². The number of hydrogen-bond donors (Lipinski definition) is 1. The van der Waals surface area contributed by atoms with Gasteiger partial charge in [-0.05, 0) is 114 Å². The normalized spacial score (nSPS) is 55.2. The highest BCUT2D eigenvalue weighted by atomic mass is 16.3. The first kappa shape index (κ1) is 22.5. The van der Waals surface area contributed by atoms with Crippen molar-refractivity contribution in [1.82, 2.24) is 0 Å². The van der Waals surface area contributed by atoms with E-state index in [0.717, 1.165) is 18.3 Å². The molecule has 176 valence electrons. The Bertz CT molecular complexity index is 790. The third-order valence-corrected chi connectivity index (χ3v) is 12.7. The van der Waals surface area contributed by atoms with Gasteiger partial charge < -0.3 is 5.11 Å². The Hall–Kier alpha value is -0.300. The predicted octanol–water partition coefficient (Wildman–Crippen LogP) is 8.17. The van der Waals surface area contributed by atoms with Gasteiger partial charge in [-0.1, -0.05) is 67.0 Å². The second kappa shape index (κ2) is 6.43. The van der Waals surface area contributed by atoms with Crippen molar-refractivity contribution in [2.24, 2.45) is 50.2 Å². The zero-order valence-corrected chi connectivity index (χ0v) is 21.9. The lowest BCUT2D eigenvalue weighted by Gasteiger charge is -2.70. The third-order valence-electron chi connectivity index (χ3n) is 12.7. The fraction of sp³-hybridized carbons (Fsp3) is 0.933. The lowest BCUT2D eigenvalue weighted by molar-refractivity contribution is -0.184. The number of aliphatic hydroxyl groups excluding tert-OH is 1. The molecule has 0 amide bonds. The van der Waals surface area contributed by atoms with Crippen molar-refractivity contribution < 1.29 is 5.11 Å². The highest BCUT2D eigenvalue weighted by Gasteiger charge is 2.66. The molecule has 1 N–H and O–H groups in total. The van der Waals surface area contributed by atoms with Gasteiger partial charge in [0, 0.05) is 0 Å². The summed E-state index contributed by atoms with van der Waals surface area (Å²) in [5, 5.41) is 10.9. The van der Waals surface area contributed by atoms with Gasteiger partial charge in [0.2, 0.25) is 0 Å². The summed E-state index contributed by atoms with van der Waals surface area (Å²) in [6.07, 6.45) is 15.8. The minimum Gasteiger partial charge on any atom is -0.393 e. The molecule has 1 heteroatoms. The number of rotatable bonds is 0. The molecule has 0 heterocycles. The van der Waals surface area contributed by atoms with Crippen LogP contribution in [0.2, 0.25) is 0 Å². The van der Waals surface area contributed by atoms with E-state index in [1.54, 1.807) is 0 Å². The van der Waals surface area contributed by atoms with E-state index in [1.807, 2.05) is 5.57 Å². The average molecular weight is 427 g/mol. The molecule has 0 aromatic rings. The summed E-state index contributed by atoms with van der Waals surface area (Å²) in [6.45, 7) is 20.4. The molecule has 0 radical (unpaired) electrons. The van der Waals surface area contributed by atoms with Crippen molar-refractivity contribution >= 4 is 0 Å². The van der Waals surface area contributed by atoms with E-state index in [9.17, 15) is 5.11 Å². The molecule has 5 aliphatic rings. The molecule has 4 fully saturated rings. The number of allylic oxidation sites excluding steroid dienone is 2. The Morgan fingerprint density at radius 2 is 1.32 bits per heavy atom. The maximum atomic E-state index is 10.9. The molecule has 4 saturated carbocycles. The van der Waals surface area contributed by atoms with Gasteiger partial charge >= 0.3 is 0 Å². The Morgan fingerprint density at radius 1 is 0.710 bits per heavy atom. The van der Waals surface area contributed by atoms with Crippen LogP contribution in [0.1, 0.15) is 120 Å². The summed E-state index contributed by atoms with van der Waals surface area (Å²) in [7, 11) is 0. The number of aliphatic hydroxyl groups is 1. The van der Waals surface area contributed by atoms with Crippen molar-refractivity contribution in [3.8, 4) is 0 Å². The number of fused-ring (bicyclic) bond motifs is 7. The minimum absolute atomic E-state index is 0.0575. The van der Waals surface area contributed by atoms with Crippen LogP contribution in [0.15, 0.2) is 11.6 Å². The third kappa shape index (κ3) is 2.83. The zero-order chi connectivity index (χ0) is 22.7. The molecule has 0 bridgehead atoms. The lowest BCUT2D eigenvalue weighted by Crippen LogP contribution is -2.63. The van der Waals surface area contributed by atoms with Crippen LogP contribution in [0, 0.1) is 50.2 Å². The number of hydrogen-bond acceptors (Lipinski definition) is 1. The van der Waals surface area contributed by atoms with Crippen molar-refractivity contribution in [2.45, 2.75) is 126 Å². The van der Waals surface area contributed by atoms with Crippen LogP contribution >= 0.6 is 0 Å². The molecule has 0 unspecified atom stereocenters. The van der Waals surface area contributed by atoms with Crippen LogP contribution in [0.5, 0.6) is 0 Å². The molecule has 5 rings (SSSR count). The molecule has 0 spiro atoms. The van der Waals surface area contributed by atoms with Gasteiger partial charge in [-0.2, -0.15) is 0 Å². The highest BCUT2D eigenvalue weighted by molar-refractivity contribution is 5.34. The van der Waals surface area contributed by atoms with E-state index in [1.165, 1.54) is 57.8 Å².